The highest BCUT2D eigenvalue weighted by atomic mass is 16.4. The second kappa shape index (κ2) is 7.10. The highest BCUT2D eigenvalue weighted by Gasteiger charge is 2.32. The fourth-order valence-corrected chi connectivity index (χ4v) is 1.71. The Labute approximate surface area is 99.3 Å². The van der Waals surface area contributed by atoms with Crippen molar-refractivity contribution < 1.29 is 19.5 Å². The molecule has 0 aliphatic heterocycles. The number of nitrogens with two attached hydrogens (primary N) is 3. The van der Waals surface area contributed by atoms with Crippen molar-refractivity contribution in [1.29, 1.82) is 0 Å². The van der Waals surface area contributed by atoms with Crippen molar-refractivity contribution in [2.75, 3.05) is 13.1 Å². The minimum absolute atomic E-state index is 0.0253. The Hall–Kier alpha value is -1.31. The van der Waals surface area contributed by atoms with Crippen LogP contribution in [-0.2, 0) is 14.4 Å². The van der Waals surface area contributed by atoms with Crippen LogP contribution in [0.2, 0.25) is 0 Å². The molecule has 0 aliphatic carbocycles. The molecule has 0 amide bonds. The number of ketones is 2. The van der Waals surface area contributed by atoms with Gasteiger partial charge < -0.3 is 22.3 Å². The van der Waals surface area contributed by atoms with Crippen LogP contribution in [0.15, 0.2) is 0 Å². The van der Waals surface area contributed by atoms with E-state index in [2.05, 4.69) is 0 Å². The fourth-order valence-electron chi connectivity index (χ4n) is 1.71. The molecule has 0 aromatic rings. The molecule has 1 unspecified atom stereocenters. The van der Waals surface area contributed by atoms with E-state index >= 15 is 0 Å². The summed E-state index contributed by atoms with van der Waals surface area (Å²) in [6.45, 7) is 1.04. The lowest BCUT2D eigenvalue weighted by atomic mass is 9.82. The van der Waals surface area contributed by atoms with E-state index in [4.69, 9.17) is 22.3 Å². The third-order valence-electron chi connectivity index (χ3n) is 2.61. The lowest BCUT2D eigenvalue weighted by molar-refractivity contribution is -0.140. The molecule has 98 valence electrons. The van der Waals surface area contributed by atoms with Gasteiger partial charge in [-0.2, -0.15) is 0 Å². The first-order valence-electron chi connectivity index (χ1n) is 5.29. The van der Waals surface area contributed by atoms with Crippen LogP contribution in [0.4, 0.5) is 0 Å². The number of Topliss-reactive ketones (excluding diaryl/α,β-unsaturated/α-hetero) is 2. The van der Waals surface area contributed by atoms with Gasteiger partial charge in [-0.05, 0) is 12.3 Å². The summed E-state index contributed by atoms with van der Waals surface area (Å²) in [6, 6.07) is -1.11. The molecule has 2 atom stereocenters. The van der Waals surface area contributed by atoms with E-state index in [1.807, 2.05) is 0 Å². The van der Waals surface area contributed by atoms with Crippen LogP contribution in [0.25, 0.3) is 0 Å². The number of carboxylic acid groups (broad SMARTS) is 1. The Kier molecular flexibility index (Phi) is 6.55. The van der Waals surface area contributed by atoms with Crippen molar-refractivity contribution in [2.24, 2.45) is 29.0 Å². The largest absolute Gasteiger partial charge is 0.480 e. The Balaban J connectivity index is 4.75. The maximum atomic E-state index is 11.5. The van der Waals surface area contributed by atoms with Crippen molar-refractivity contribution in [3.8, 4) is 0 Å². The summed E-state index contributed by atoms with van der Waals surface area (Å²) in [5, 5.41) is 8.66. The molecule has 0 spiro atoms. The molecule has 7 N–H and O–H groups in total. The smallest absolute Gasteiger partial charge is 0.320 e. The molecule has 0 fully saturated rings. The van der Waals surface area contributed by atoms with E-state index in [1.165, 1.54) is 0 Å². The van der Waals surface area contributed by atoms with Gasteiger partial charge in [-0.3, -0.25) is 14.4 Å². The maximum Gasteiger partial charge on any atom is 0.320 e. The van der Waals surface area contributed by atoms with E-state index in [0.717, 1.165) is 0 Å². The third-order valence-corrected chi connectivity index (χ3v) is 2.61. The SMILES string of the molecule is CC(C[C@H](N)C(=O)O)C(C(=O)CN)C(=O)CN. The van der Waals surface area contributed by atoms with Gasteiger partial charge in [0.25, 0.3) is 0 Å². The summed E-state index contributed by atoms with van der Waals surface area (Å²) in [4.78, 5) is 33.6. The van der Waals surface area contributed by atoms with Crippen molar-refractivity contribution in [3.63, 3.8) is 0 Å². The van der Waals surface area contributed by atoms with E-state index < -0.39 is 35.4 Å². The molecule has 7 nitrogen and oxygen atoms in total. The highest BCUT2D eigenvalue weighted by Crippen LogP contribution is 2.19. The monoisotopic (exact) mass is 245 g/mol. The molecule has 7 heteroatoms. The summed E-state index contributed by atoms with van der Waals surface area (Å²) in [5.74, 6) is -3.50. The summed E-state index contributed by atoms with van der Waals surface area (Å²) >= 11 is 0. The van der Waals surface area contributed by atoms with Crippen LogP contribution in [0, 0.1) is 11.8 Å². The molecule has 0 heterocycles. The Morgan fingerprint density at radius 3 is 1.82 bits per heavy atom. The van der Waals surface area contributed by atoms with Gasteiger partial charge >= 0.3 is 5.97 Å². The molecule has 0 saturated carbocycles. The molecular weight excluding hydrogens is 226 g/mol. The average Bonchev–Trinajstić information content (AvgIpc) is 2.28. The van der Waals surface area contributed by atoms with Crippen LogP contribution in [0.5, 0.6) is 0 Å². The van der Waals surface area contributed by atoms with Gasteiger partial charge in [0, 0.05) is 0 Å². The lowest BCUT2D eigenvalue weighted by Gasteiger charge is -2.22. The normalized spacial score (nSPS) is 14.4. The van der Waals surface area contributed by atoms with Gasteiger partial charge in [0.1, 0.15) is 6.04 Å². The summed E-state index contributed by atoms with van der Waals surface area (Å²) in [5.41, 5.74) is 15.8. The van der Waals surface area contributed by atoms with Crippen LogP contribution < -0.4 is 17.2 Å². The standard InChI is InChI=1S/C10H19N3O4/c1-5(2-6(13)10(16)17)9(7(14)3-11)8(15)4-12/h5-6,9H,2-4,11-13H2,1H3,(H,16,17)/t5?,6-/m0/s1. The number of carbonyl (C=O) groups excluding carboxylic acids is 2. The topological polar surface area (TPSA) is 150 Å². The van der Waals surface area contributed by atoms with Crippen LogP contribution in [-0.4, -0.2) is 41.8 Å². The number of hydrogen-bond acceptors (Lipinski definition) is 6. The molecule has 0 rings (SSSR count). The maximum absolute atomic E-state index is 11.5. The summed E-state index contributed by atoms with van der Waals surface area (Å²) in [7, 11) is 0. The van der Waals surface area contributed by atoms with E-state index in [1.54, 1.807) is 6.92 Å². The van der Waals surface area contributed by atoms with Gasteiger partial charge in [-0.1, -0.05) is 6.92 Å². The number of carbonyl (C=O) groups is 3. The van der Waals surface area contributed by atoms with Gasteiger partial charge in [0.15, 0.2) is 11.6 Å². The Morgan fingerprint density at radius 1 is 1.12 bits per heavy atom. The zero-order valence-corrected chi connectivity index (χ0v) is 9.76. The van der Waals surface area contributed by atoms with Gasteiger partial charge in [-0.25, -0.2) is 0 Å². The summed E-state index contributed by atoms with van der Waals surface area (Å²) < 4.78 is 0. The summed E-state index contributed by atoms with van der Waals surface area (Å²) in [6.07, 6.45) is 0.0253. The number of hydrogen-bond donors (Lipinski definition) is 4. The van der Waals surface area contributed by atoms with Gasteiger partial charge in [0.05, 0.1) is 19.0 Å². The molecular formula is C10H19N3O4. The van der Waals surface area contributed by atoms with Gasteiger partial charge in [-0.15, -0.1) is 0 Å². The van der Waals surface area contributed by atoms with E-state index in [0.29, 0.717) is 0 Å². The molecule has 0 bridgehead atoms. The third kappa shape index (κ3) is 4.59. The minimum Gasteiger partial charge on any atom is -0.480 e. The molecule has 0 radical (unpaired) electrons. The number of rotatable bonds is 8. The molecule has 0 aliphatic rings. The van der Waals surface area contributed by atoms with Crippen LogP contribution in [0.1, 0.15) is 13.3 Å². The van der Waals surface area contributed by atoms with Gasteiger partial charge in [0.2, 0.25) is 0 Å². The van der Waals surface area contributed by atoms with Crippen molar-refractivity contribution in [2.45, 2.75) is 19.4 Å². The Bertz CT molecular complexity index is 290. The predicted octanol–water partition coefficient (Wildman–Crippen LogP) is -1.90. The predicted molar refractivity (Wildman–Crippen MR) is 61.0 cm³/mol. The fraction of sp³-hybridized carbons (Fsp3) is 0.700. The highest BCUT2D eigenvalue weighted by molar-refractivity contribution is 6.04. The first kappa shape index (κ1) is 15.7. The lowest BCUT2D eigenvalue weighted by Crippen LogP contribution is -2.41. The molecule has 0 aromatic carbocycles. The number of aliphatic carboxylic acids is 1. The molecule has 0 aromatic heterocycles. The zero-order valence-electron chi connectivity index (χ0n) is 9.76. The van der Waals surface area contributed by atoms with Crippen molar-refractivity contribution in [1.82, 2.24) is 0 Å². The number of carboxylic acids is 1. The quantitative estimate of drug-likeness (QED) is 0.364. The zero-order chi connectivity index (χ0) is 13.6. The van der Waals surface area contributed by atoms with Crippen molar-refractivity contribution >= 4 is 17.5 Å². The molecule has 0 saturated heterocycles. The Morgan fingerprint density at radius 2 is 1.53 bits per heavy atom. The van der Waals surface area contributed by atoms with Crippen LogP contribution >= 0.6 is 0 Å². The van der Waals surface area contributed by atoms with E-state index in [9.17, 15) is 14.4 Å². The van der Waals surface area contributed by atoms with Crippen LogP contribution in [0.3, 0.4) is 0 Å². The van der Waals surface area contributed by atoms with Crippen molar-refractivity contribution in [3.05, 3.63) is 0 Å². The van der Waals surface area contributed by atoms with E-state index in [-0.39, 0.29) is 19.5 Å². The second-order valence-electron chi connectivity index (χ2n) is 3.98. The second-order valence-corrected chi connectivity index (χ2v) is 3.98. The minimum atomic E-state index is -1.17. The molecule has 17 heavy (non-hydrogen) atoms. The first-order valence-corrected chi connectivity index (χ1v) is 5.29. The first-order chi connectivity index (χ1) is 7.84. The average molecular weight is 245 g/mol.